The Morgan fingerprint density at radius 2 is 1.97 bits per heavy atom. The Morgan fingerprint density at radius 1 is 1.24 bits per heavy atom. The number of hydrogen-bond donors (Lipinski definition) is 0. The van der Waals surface area contributed by atoms with E-state index in [1.54, 1.807) is 23.1 Å². The van der Waals surface area contributed by atoms with Crippen molar-refractivity contribution >= 4 is 62.1 Å². The van der Waals surface area contributed by atoms with Crippen LogP contribution in [0.15, 0.2) is 63.4 Å². The molecule has 1 heterocycles. The molecule has 8 heteroatoms. The van der Waals surface area contributed by atoms with Gasteiger partial charge in [0.25, 0.3) is 5.91 Å². The van der Waals surface area contributed by atoms with Crippen molar-refractivity contribution in [2.75, 3.05) is 19.8 Å². The second-order valence-electron chi connectivity index (χ2n) is 7.65. The van der Waals surface area contributed by atoms with Gasteiger partial charge >= 0.3 is 0 Å². The number of amidine groups is 1. The summed E-state index contributed by atoms with van der Waals surface area (Å²) in [5.41, 5.74) is 1.57. The lowest BCUT2D eigenvalue weighted by atomic mass is 10.1. The van der Waals surface area contributed by atoms with Crippen molar-refractivity contribution in [1.82, 2.24) is 4.90 Å². The molecule has 0 spiro atoms. The van der Waals surface area contributed by atoms with Gasteiger partial charge < -0.3 is 9.47 Å². The molecular weight excluding hydrogens is 524 g/mol. The van der Waals surface area contributed by atoms with Gasteiger partial charge in [0.1, 0.15) is 6.61 Å². The molecule has 33 heavy (non-hydrogen) atoms. The molecule has 0 N–H and O–H groups in total. The van der Waals surface area contributed by atoms with Crippen LogP contribution in [-0.4, -0.2) is 35.7 Å². The number of halogens is 2. The Hall–Kier alpha value is -2.22. The zero-order chi connectivity index (χ0) is 24.0. The summed E-state index contributed by atoms with van der Waals surface area (Å²) in [5, 5.41) is 1.29. The van der Waals surface area contributed by atoms with Crippen molar-refractivity contribution in [2.45, 2.75) is 20.8 Å². The molecule has 1 fully saturated rings. The van der Waals surface area contributed by atoms with Crippen molar-refractivity contribution in [3.05, 3.63) is 69.0 Å². The summed E-state index contributed by atoms with van der Waals surface area (Å²) in [6.45, 7) is 11.2. The Balaban J connectivity index is 1.97. The Labute approximate surface area is 212 Å². The van der Waals surface area contributed by atoms with E-state index in [0.717, 1.165) is 15.7 Å². The van der Waals surface area contributed by atoms with Crippen LogP contribution in [0.2, 0.25) is 5.02 Å². The average molecular weight is 550 g/mol. The van der Waals surface area contributed by atoms with Crippen molar-refractivity contribution in [2.24, 2.45) is 10.9 Å². The quantitative estimate of drug-likeness (QED) is 0.243. The highest BCUT2D eigenvalue weighted by Crippen LogP contribution is 2.40. The lowest BCUT2D eigenvalue weighted by Gasteiger charge is -2.17. The van der Waals surface area contributed by atoms with Gasteiger partial charge in [0.05, 0.1) is 21.7 Å². The monoisotopic (exact) mass is 548 g/mol. The molecule has 0 aliphatic carbocycles. The Morgan fingerprint density at radius 3 is 2.61 bits per heavy atom. The number of amides is 1. The molecule has 5 nitrogen and oxygen atoms in total. The Bertz CT molecular complexity index is 1080. The standard InChI is InChI=1S/C25H26BrClN2O3S/c1-5-11-32-23-20(26)12-17(13-21(23)31-6-2)14-22-24(30)29(15-16(3)4)25(33-22)28-19-9-7-18(27)8-10-19/h5,7-10,12-14,16H,1,6,11,15H2,2-4H3/b22-14-,28-25?. The van der Waals surface area contributed by atoms with Gasteiger partial charge in [-0.25, -0.2) is 4.99 Å². The smallest absolute Gasteiger partial charge is 0.266 e. The lowest BCUT2D eigenvalue weighted by molar-refractivity contribution is -0.122. The zero-order valence-electron chi connectivity index (χ0n) is 18.8. The molecule has 0 saturated carbocycles. The summed E-state index contributed by atoms with van der Waals surface area (Å²) in [6, 6.07) is 11.0. The van der Waals surface area contributed by atoms with Crippen molar-refractivity contribution in [3.63, 3.8) is 0 Å². The average Bonchev–Trinajstić information content (AvgIpc) is 3.03. The van der Waals surface area contributed by atoms with Gasteiger partial charge in [-0.15, -0.1) is 0 Å². The van der Waals surface area contributed by atoms with Crippen molar-refractivity contribution in [3.8, 4) is 11.5 Å². The van der Waals surface area contributed by atoms with Crippen molar-refractivity contribution < 1.29 is 14.3 Å². The number of rotatable bonds is 9. The number of ether oxygens (including phenoxy) is 2. The predicted molar refractivity (Wildman–Crippen MR) is 142 cm³/mol. The fraction of sp³-hybridized carbons (Fsp3) is 0.280. The minimum absolute atomic E-state index is 0.0671. The highest BCUT2D eigenvalue weighted by Gasteiger charge is 2.33. The minimum atomic E-state index is -0.0671. The predicted octanol–water partition coefficient (Wildman–Crippen LogP) is 7.33. The normalized spacial score (nSPS) is 16.2. The molecule has 0 aromatic heterocycles. The van der Waals surface area contributed by atoms with E-state index in [1.807, 2.05) is 37.3 Å². The molecule has 0 unspecified atom stereocenters. The van der Waals surface area contributed by atoms with E-state index in [0.29, 0.717) is 52.3 Å². The van der Waals surface area contributed by atoms with E-state index >= 15 is 0 Å². The van der Waals surface area contributed by atoms with E-state index in [1.165, 1.54) is 11.8 Å². The van der Waals surface area contributed by atoms with Crippen LogP contribution in [0.3, 0.4) is 0 Å². The number of carbonyl (C=O) groups is 1. The first-order chi connectivity index (χ1) is 15.8. The largest absolute Gasteiger partial charge is 0.490 e. The second kappa shape index (κ2) is 11.8. The molecule has 2 aromatic rings. The van der Waals surface area contributed by atoms with Gasteiger partial charge in [-0.1, -0.05) is 38.1 Å². The van der Waals surface area contributed by atoms with Crippen LogP contribution in [0, 0.1) is 5.92 Å². The van der Waals surface area contributed by atoms with Gasteiger partial charge in [-0.3, -0.25) is 9.69 Å². The zero-order valence-corrected chi connectivity index (χ0v) is 22.0. The number of carbonyl (C=O) groups excluding carboxylic acids is 1. The summed E-state index contributed by atoms with van der Waals surface area (Å²) in [4.78, 5) is 20.3. The number of benzene rings is 2. The molecule has 1 aliphatic heterocycles. The van der Waals surface area contributed by atoms with E-state index < -0.39 is 0 Å². The van der Waals surface area contributed by atoms with Gasteiger partial charge in [0.2, 0.25) is 0 Å². The number of aliphatic imine (C=N–C) groups is 1. The first-order valence-electron chi connectivity index (χ1n) is 10.6. The maximum atomic E-state index is 13.3. The van der Waals surface area contributed by atoms with E-state index in [4.69, 9.17) is 26.1 Å². The maximum absolute atomic E-state index is 13.3. The number of nitrogens with zero attached hydrogens (tertiary/aromatic N) is 2. The summed E-state index contributed by atoms with van der Waals surface area (Å²) in [5.74, 6) is 1.44. The lowest BCUT2D eigenvalue weighted by Crippen LogP contribution is -2.32. The maximum Gasteiger partial charge on any atom is 0.266 e. The fourth-order valence-corrected chi connectivity index (χ4v) is 4.82. The topological polar surface area (TPSA) is 51.1 Å². The first kappa shape index (κ1) is 25.4. The molecule has 1 amide bonds. The summed E-state index contributed by atoms with van der Waals surface area (Å²) < 4.78 is 12.3. The van der Waals surface area contributed by atoms with Crippen LogP contribution in [-0.2, 0) is 4.79 Å². The molecule has 0 radical (unpaired) electrons. The van der Waals surface area contributed by atoms with E-state index in [-0.39, 0.29) is 5.91 Å². The van der Waals surface area contributed by atoms with Crippen molar-refractivity contribution in [1.29, 1.82) is 0 Å². The SMILES string of the molecule is C=CCOc1c(Br)cc(/C=C2\SC(=Nc3ccc(Cl)cc3)N(CC(C)C)C2=O)cc1OCC. The third-order valence-electron chi connectivity index (χ3n) is 4.46. The van der Waals surface area contributed by atoms with Crippen LogP contribution in [0.5, 0.6) is 11.5 Å². The molecule has 174 valence electrons. The van der Waals surface area contributed by atoms with E-state index in [9.17, 15) is 4.79 Å². The summed E-state index contributed by atoms with van der Waals surface area (Å²) >= 11 is 10.9. The highest BCUT2D eigenvalue weighted by molar-refractivity contribution is 9.10. The first-order valence-corrected chi connectivity index (χ1v) is 12.6. The Kier molecular flexibility index (Phi) is 9.06. The molecular formula is C25H26BrClN2O3S. The van der Waals surface area contributed by atoms with Crippen LogP contribution in [0.25, 0.3) is 6.08 Å². The highest BCUT2D eigenvalue weighted by atomic mass is 79.9. The molecule has 3 rings (SSSR count). The number of thioether (sulfide) groups is 1. The van der Waals surface area contributed by atoms with Crippen LogP contribution >= 0.6 is 39.3 Å². The summed E-state index contributed by atoms with van der Waals surface area (Å²) in [6.07, 6.45) is 3.53. The van der Waals surface area contributed by atoms with E-state index in [2.05, 4.69) is 36.4 Å². The van der Waals surface area contributed by atoms with Crippen LogP contribution in [0.4, 0.5) is 5.69 Å². The van der Waals surface area contributed by atoms with Crippen LogP contribution in [0.1, 0.15) is 26.3 Å². The third-order valence-corrected chi connectivity index (χ3v) is 6.31. The fourth-order valence-electron chi connectivity index (χ4n) is 3.11. The molecule has 1 aliphatic rings. The second-order valence-corrected chi connectivity index (χ2v) is 9.95. The minimum Gasteiger partial charge on any atom is -0.490 e. The van der Waals surface area contributed by atoms with Gasteiger partial charge in [0, 0.05) is 11.6 Å². The van der Waals surface area contributed by atoms with Gasteiger partial charge in [-0.2, -0.15) is 0 Å². The molecule has 0 bridgehead atoms. The van der Waals surface area contributed by atoms with Crippen LogP contribution < -0.4 is 9.47 Å². The van der Waals surface area contributed by atoms with Gasteiger partial charge in [0.15, 0.2) is 16.7 Å². The summed E-state index contributed by atoms with van der Waals surface area (Å²) in [7, 11) is 0. The molecule has 1 saturated heterocycles. The molecule has 0 atom stereocenters. The molecule has 2 aromatic carbocycles. The van der Waals surface area contributed by atoms with Gasteiger partial charge in [-0.05, 0) is 88.6 Å². The number of hydrogen-bond acceptors (Lipinski definition) is 5. The third kappa shape index (κ3) is 6.65.